The van der Waals surface area contributed by atoms with Crippen molar-refractivity contribution in [3.8, 4) is 11.5 Å². The number of amides is 1. The smallest absolute Gasteiger partial charge is 0.437 e. The average Bonchev–Trinajstić information content (AvgIpc) is 3.21. The first kappa shape index (κ1) is 21.4. The summed E-state index contributed by atoms with van der Waals surface area (Å²) in [4.78, 5) is 37.8. The first-order chi connectivity index (χ1) is 14.3. The van der Waals surface area contributed by atoms with Gasteiger partial charge >= 0.3 is 11.7 Å². The third-order valence-electron chi connectivity index (χ3n) is 4.29. The fourth-order valence-corrected chi connectivity index (χ4v) is 4.08. The minimum absolute atomic E-state index is 0.0275. The van der Waals surface area contributed by atoms with Gasteiger partial charge < -0.3 is 14.5 Å². The van der Waals surface area contributed by atoms with Crippen LogP contribution in [0.25, 0.3) is 11.5 Å². The molecule has 1 N–H and O–H groups in total. The largest absolute Gasteiger partial charge is 0.462 e. The van der Waals surface area contributed by atoms with Gasteiger partial charge in [-0.15, -0.1) is 16.4 Å². The summed E-state index contributed by atoms with van der Waals surface area (Å²) < 4.78 is 24.1. The van der Waals surface area contributed by atoms with Crippen molar-refractivity contribution < 1.29 is 23.1 Å². The van der Waals surface area contributed by atoms with E-state index in [-0.39, 0.29) is 12.5 Å². The molecule has 158 valence electrons. The Morgan fingerprint density at radius 1 is 1.27 bits per heavy atom. The molecule has 0 aliphatic rings. The van der Waals surface area contributed by atoms with Crippen LogP contribution in [0.15, 0.2) is 33.5 Å². The maximum Gasteiger partial charge on any atom is 0.437 e. The Labute approximate surface area is 175 Å². The molecule has 10 heteroatoms. The number of benzene rings is 1. The number of carbonyl (C=O) groups is 2. The van der Waals surface area contributed by atoms with E-state index in [0.717, 1.165) is 15.1 Å². The molecule has 1 amide bonds. The summed E-state index contributed by atoms with van der Waals surface area (Å²) in [6, 6.07) is 5.25. The van der Waals surface area contributed by atoms with E-state index in [1.165, 1.54) is 35.6 Å². The van der Waals surface area contributed by atoms with Crippen molar-refractivity contribution >= 4 is 28.2 Å². The highest BCUT2D eigenvalue weighted by Gasteiger charge is 2.24. The van der Waals surface area contributed by atoms with Crippen molar-refractivity contribution in [1.29, 1.82) is 0 Å². The van der Waals surface area contributed by atoms with E-state index in [4.69, 9.17) is 9.15 Å². The molecule has 30 heavy (non-hydrogen) atoms. The van der Waals surface area contributed by atoms with Crippen molar-refractivity contribution in [1.82, 2.24) is 9.78 Å². The van der Waals surface area contributed by atoms with Crippen LogP contribution in [0.5, 0.6) is 0 Å². The highest BCUT2D eigenvalue weighted by atomic mass is 32.1. The van der Waals surface area contributed by atoms with Crippen LogP contribution in [0, 0.1) is 12.7 Å². The fourth-order valence-electron chi connectivity index (χ4n) is 2.93. The first-order valence-corrected chi connectivity index (χ1v) is 10.1. The molecule has 3 rings (SSSR count). The molecule has 0 aliphatic heterocycles. The summed E-state index contributed by atoms with van der Waals surface area (Å²) in [5, 5.41) is 7.01. The zero-order valence-electron chi connectivity index (χ0n) is 16.7. The first-order valence-electron chi connectivity index (χ1n) is 9.27. The second-order valence-corrected chi connectivity index (χ2v) is 7.53. The SMILES string of the molecule is CCOC(=O)c1c(NC(=O)Cn2nc(-c3ccc(F)cc3)oc2=O)sc(C)c1CC. The number of aryl methyl sites for hydroxylation is 1. The fraction of sp³-hybridized carbons (Fsp3) is 0.300. The van der Waals surface area contributed by atoms with Gasteiger partial charge in [0.25, 0.3) is 0 Å². The van der Waals surface area contributed by atoms with Crippen LogP contribution in [0.3, 0.4) is 0 Å². The number of ether oxygens (including phenoxy) is 1. The number of halogens is 1. The van der Waals surface area contributed by atoms with Gasteiger partial charge in [0.15, 0.2) is 0 Å². The third kappa shape index (κ3) is 4.48. The Balaban J connectivity index is 1.81. The van der Waals surface area contributed by atoms with Gasteiger partial charge in [0, 0.05) is 10.4 Å². The number of nitrogens with one attached hydrogen (secondary N) is 1. The van der Waals surface area contributed by atoms with Crippen LogP contribution in [-0.4, -0.2) is 28.3 Å². The van der Waals surface area contributed by atoms with Crippen LogP contribution < -0.4 is 11.1 Å². The summed E-state index contributed by atoms with van der Waals surface area (Å²) in [6.45, 7) is 5.28. The van der Waals surface area contributed by atoms with Crippen LogP contribution in [0.2, 0.25) is 0 Å². The monoisotopic (exact) mass is 433 g/mol. The molecule has 0 bridgehead atoms. The topological polar surface area (TPSA) is 103 Å². The second-order valence-electron chi connectivity index (χ2n) is 6.30. The molecular weight excluding hydrogens is 413 g/mol. The highest BCUT2D eigenvalue weighted by molar-refractivity contribution is 7.16. The molecule has 0 unspecified atom stereocenters. The van der Waals surface area contributed by atoms with E-state index in [0.29, 0.717) is 22.5 Å². The number of anilines is 1. The molecule has 0 spiro atoms. The van der Waals surface area contributed by atoms with E-state index in [1.807, 2.05) is 13.8 Å². The van der Waals surface area contributed by atoms with Crippen molar-refractivity contribution in [2.75, 3.05) is 11.9 Å². The Kier molecular flexibility index (Phi) is 6.46. The molecule has 0 fully saturated rings. The van der Waals surface area contributed by atoms with Crippen molar-refractivity contribution in [3.05, 3.63) is 56.6 Å². The Morgan fingerprint density at radius 3 is 2.60 bits per heavy atom. The molecule has 8 nitrogen and oxygen atoms in total. The number of esters is 1. The lowest BCUT2D eigenvalue weighted by Gasteiger charge is -2.07. The predicted octanol–water partition coefficient (Wildman–Crippen LogP) is 3.39. The Bertz CT molecular complexity index is 1130. The van der Waals surface area contributed by atoms with Gasteiger partial charge in [-0.3, -0.25) is 4.79 Å². The van der Waals surface area contributed by atoms with Crippen LogP contribution in [-0.2, 0) is 22.5 Å². The number of hydrogen-bond donors (Lipinski definition) is 1. The molecule has 0 radical (unpaired) electrons. The maximum absolute atomic E-state index is 13.1. The van der Waals surface area contributed by atoms with Gasteiger partial charge in [0.1, 0.15) is 17.4 Å². The molecule has 2 aromatic heterocycles. The molecule has 0 atom stereocenters. The quantitative estimate of drug-likeness (QED) is 0.573. The minimum Gasteiger partial charge on any atom is -0.462 e. The maximum atomic E-state index is 13.1. The number of rotatable bonds is 7. The second kappa shape index (κ2) is 9.04. The van der Waals surface area contributed by atoms with Gasteiger partial charge in [-0.2, -0.15) is 4.68 Å². The van der Waals surface area contributed by atoms with E-state index in [2.05, 4.69) is 10.4 Å². The van der Waals surface area contributed by atoms with Gasteiger partial charge in [-0.25, -0.2) is 14.0 Å². The highest BCUT2D eigenvalue weighted by Crippen LogP contribution is 2.34. The van der Waals surface area contributed by atoms with E-state index >= 15 is 0 Å². The number of thiophene rings is 1. The standard InChI is InChI=1S/C20H20FN3O5S/c1-4-14-11(3)30-18(16(14)19(26)28-5-2)22-15(25)10-24-20(27)29-17(23-24)12-6-8-13(21)9-7-12/h6-9H,4-5,10H2,1-3H3,(H,22,25). The Hall–Kier alpha value is -3.27. The lowest BCUT2D eigenvalue weighted by molar-refractivity contribution is -0.117. The van der Waals surface area contributed by atoms with Crippen LogP contribution in [0.4, 0.5) is 9.39 Å². The van der Waals surface area contributed by atoms with Gasteiger partial charge in [-0.05, 0) is 50.1 Å². The summed E-state index contributed by atoms with van der Waals surface area (Å²) in [6.07, 6.45) is 0.607. The summed E-state index contributed by atoms with van der Waals surface area (Å²) >= 11 is 1.27. The zero-order chi connectivity index (χ0) is 21.8. The Morgan fingerprint density at radius 2 is 1.97 bits per heavy atom. The van der Waals surface area contributed by atoms with Crippen LogP contribution >= 0.6 is 11.3 Å². The van der Waals surface area contributed by atoms with Crippen molar-refractivity contribution in [3.63, 3.8) is 0 Å². The molecule has 3 aromatic rings. The molecular formula is C20H20FN3O5S. The molecule has 0 aliphatic carbocycles. The zero-order valence-corrected chi connectivity index (χ0v) is 17.5. The predicted molar refractivity (Wildman–Crippen MR) is 109 cm³/mol. The van der Waals surface area contributed by atoms with Crippen molar-refractivity contribution in [2.24, 2.45) is 0 Å². The molecule has 1 aromatic carbocycles. The number of carbonyl (C=O) groups excluding carboxylic acids is 2. The lowest BCUT2D eigenvalue weighted by atomic mass is 10.1. The van der Waals surface area contributed by atoms with Crippen molar-refractivity contribution in [2.45, 2.75) is 33.7 Å². The average molecular weight is 433 g/mol. The lowest BCUT2D eigenvalue weighted by Crippen LogP contribution is -2.26. The molecule has 2 heterocycles. The van der Waals surface area contributed by atoms with Gasteiger partial charge in [0.2, 0.25) is 11.8 Å². The number of hydrogen-bond acceptors (Lipinski definition) is 7. The van der Waals surface area contributed by atoms with E-state index < -0.39 is 30.0 Å². The summed E-state index contributed by atoms with van der Waals surface area (Å²) in [5.41, 5.74) is 1.54. The number of nitrogens with zero attached hydrogens (tertiary/aromatic N) is 2. The summed E-state index contributed by atoms with van der Waals surface area (Å²) in [5.74, 6) is -2.35. The minimum atomic E-state index is -0.827. The molecule has 0 saturated heterocycles. The van der Waals surface area contributed by atoms with E-state index in [1.54, 1.807) is 6.92 Å². The summed E-state index contributed by atoms with van der Waals surface area (Å²) in [7, 11) is 0. The van der Waals surface area contributed by atoms with Gasteiger partial charge in [0.05, 0.1) is 12.2 Å². The van der Waals surface area contributed by atoms with Crippen LogP contribution in [0.1, 0.15) is 34.6 Å². The van der Waals surface area contributed by atoms with Gasteiger partial charge in [-0.1, -0.05) is 6.92 Å². The van der Waals surface area contributed by atoms with E-state index in [9.17, 15) is 18.8 Å². The normalized spacial score (nSPS) is 10.8. The third-order valence-corrected chi connectivity index (χ3v) is 5.35. The molecule has 0 saturated carbocycles. The number of aromatic nitrogens is 2.